The van der Waals surface area contributed by atoms with Crippen LogP contribution in [0.4, 0.5) is 17.5 Å². The van der Waals surface area contributed by atoms with E-state index in [4.69, 9.17) is 9.97 Å². The van der Waals surface area contributed by atoms with E-state index in [0.717, 1.165) is 42.4 Å². The topological polar surface area (TPSA) is 130 Å². The number of hydrogen-bond donors (Lipinski definition) is 2. The molecule has 0 saturated heterocycles. The summed E-state index contributed by atoms with van der Waals surface area (Å²) >= 11 is 0. The summed E-state index contributed by atoms with van der Waals surface area (Å²) in [5.41, 5.74) is 2.87. The second-order valence-corrected chi connectivity index (χ2v) is 10.5. The van der Waals surface area contributed by atoms with E-state index in [-0.39, 0.29) is 35.0 Å². The first-order valence-corrected chi connectivity index (χ1v) is 13.3. The molecule has 2 N–H and O–H groups in total. The molecule has 1 fully saturated rings. The maximum atomic E-state index is 13.4. The number of rotatable bonds is 6. The van der Waals surface area contributed by atoms with Gasteiger partial charge < -0.3 is 15.5 Å². The van der Waals surface area contributed by atoms with Crippen LogP contribution in [0.5, 0.6) is 0 Å². The zero-order chi connectivity index (χ0) is 28.0. The van der Waals surface area contributed by atoms with Crippen molar-refractivity contribution in [1.82, 2.24) is 15.3 Å². The van der Waals surface area contributed by atoms with Gasteiger partial charge in [-0.15, -0.1) is 0 Å². The van der Waals surface area contributed by atoms with Crippen LogP contribution in [-0.4, -0.2) is 52.8 Å². The number of ketones is 1. The Bertz CT molecular complexity index is 1680. The highest BCUT2D eigenvalue weighted by Crippen LogP contribution is 2.40. The lowest BCUT2D eigenvalue weighted by molar-refractivity contribution is -0.384. The van der Waals surface area contributed by atoms with E-state index in [1.165, 1.54) is 12.1 Å². The smallest absolute Gasteiger partial charge is 0.270 e. The summed E-state index contributed by atoms with van der Waals surface area (Å²) in [7, 11) is 3.93. The van der Waals surface area contributed by atoms with E-state index in [1.807, 2.05) is 43.3 Å². The Hall–Kier alpha value is -4.86. The van der Waals surface area contributed by atoms with Gasteiger partial charge in [0.1, 0.15) is 5.82 Å². The average molecular weight is 537 g/mol. The molecule has 0 atom stereocenters. The molecular weight excluding hydrogens is 508 g/mol. The first kappa shape index (κ1) is 25.4. The van der Waals surface area contributed by atoms with Crippen molar-refractivity contribution >= 4 is 40.0 Å². The number of anilines is 2. The van der Waals surface area contributed by atoms with Crippen molar-refractivity contribution in [1.29, 1.82) is 0 Å². The highest BCUT2D eigenvalue weighted by Gasteiger charge is 2.33. The molecule has 2 aliphatic carbocycles. The summed E-state index contributed by atoms with van der Waals surface area (Å²) in [5.74, 6) is 0.904. The summed E-state index contributed by atoms with van der Waals surface area (Å²) in [6.07, 6.45) is 3.26. The van der Waals surface area contributed by atoms with E-state index < -0.39 is 4.92 Å². The van der Waals surface area contributed by atoms with Crippen molar-refractivity contribution < 1.29 is 14.5 Å². The number of para-hydroxylation sites is 1. The van der Waals surface area contributed by atoms with Gasteiger partial charge in [-0.05, 0) is 55.5 Å². The van der Waals surface area contributed by atoms with Crippen LogP contribution in [0.15, 0.2) is 60.7 Å². The quantitative estimate of drug-likeness (QED) is 0.230. The molecule has 0 aliphatic heterocycles. The zero-order valence-corrected chi connectivity index (χ0v) is 22.2. The molecule has 0 unspecified atom stereocenters. The zero-order valence-electron chi connectivity index (χ0n) is 22.2. The Labute approximate surface area is 230 Å². The number of carbonyl (C=O) groups excluding carboxylic acids is 2. The van der Waals surface area contributed by atoms with E-state index in [2.05, 4.69) is 10.6 Å². The van der Waals surface area contributed by atoms with Crippen LogP contribution < -0.4 is 15.5 Å². The lowest BCUT2D eigenvalue weighted by Gasteiger charge is -2.30. The minimum absolute atomic E-state index is 0.00954. The Morgan fingerprint density at radius 1 is 0.925 bits per heavy atom. The number of nitrogens with one attached hydrogen (secondary N) is 2. The number of nitrogens with zero attached hydrogens (tertiary/aromatic N) is 4. The number of amides is 1. The molecule has 1 saturated carbocycles. The van der Waals surface area contributed by atoms with Crippen molar-refractivity contribution in [3.8, 4) is 11.1 Å². The first-order valence-electron chi connectivity index (χ1n) is 13.3. The normalized spacial score (nSPS) is 17.7. The van der Waals surface area contributed by atoms with Gasteiger partial charge in [-0.2, -0.15) is 4.98 Å². The van der Waals surface area contributed by atoms with Gasteiger partial charge in [0.2, 0.25) is 5.95 Å². The number of carbonyl (C=O) groups is 2. The molecule has 0 spiro atoms. The van der Waals surface area contributed by atoms with Crippen molar-refractivity contribution in [3.05, 3.63) is 87.5 Å². The third kappa shape index (κ3) is 4.51. The van der Waals surface area contributed by atoms with Crippen LogP contribution in [0.25, 0.3) is 22.0 Å². The third-order valence-corrected chi connectivity index (χ3v) is 7.68. The fraction of sp³-hybridized carbons (Fsp3) is 0.267. The molecule has 0 bridgehead atoms. The van der Waals surface area contributed by atoms with Gasteiger partial charge >= 0.3 is 0 Å². The lowest BCUT2D eigenvalue weighted by Crippen LogP contribution is -2.40. The minimum Gasteiger partial charge on any atom is -0.362 e. The van der Waals surface area contributed by atoms with Crippen LogP contribution in [-0.2, 0) is 0 Å². The second kappa shape index (κ2) is 10.0. The molecule has 1 aromatic heterocycles. The maximum Gasteiger partial charge on any atom is 0.270 e. The fourth-order valence-corrected chi connectivity index (χ4v) is 5.71. The number of aromatic nitrogens is 2. The number of non-ortho nitro benzene ring substituents is 1. The summed E-state index contributed by atoms with van der Waals surface area (Å²) < 4.78 is 0. The van der Waals surface area contributed by atoms with Gasteiger partial charge in [-0.25, -0.2) is 4.98 Å². The SMILES string of the molecule is CN(C)c1nc(NC2CCC(NC(=O)c3cccc4c3-c3ccc([N+](=O)[O-])cc3C4=O)CC2)nc2ccccc12. The predicted octanol–water partition coefficient (Wildman–Crippen LogP) is 4.97. The highest BCUT2D eigenvalue weighted by atomic mass is 16.6. The van der Waals surface area contributed by atoms with Gasteiger partial charge in [0.15, 0.2) is 5.78 Å². The number of nitro benzene ring substituents is 1. The number of fused-ring (bicyclic) bond motifs is 4. The number of nitro groups is 1. The van der Waals surface area contributed by atoms with Gasteiger partial charge in [-0.1, -0.05) is 24.3 Å². The molecule has 6 rings (SSSR count). The van der Waals surface area contributed by atoms with Crippen molar-refractivity contribution in [2.75, 3.05) is 24.3 Å². The van der Waals surface area contributed by atoms with Crippen molar-refractivity contribution in [3.63, 3.8) is 0 Å². The Morgan fingerprint density at radius 3 is 2.42 bits per heavy atom. The Morgan fingerprint density at radius 2 is 1.68 bits per heavy atom. The van der Waals surface area contributed by atoms with Crippen molar-refractivity contribution in [2.24, 2.45) is 0 Å². The molecule has 4 aromatic rings. The van der Waals surface area contributed by atoms with Gasteiger partial charge in [0.25, 0.3) is 11.6 Å². The summed E-state index contributed by atoms with van der Waals surface area (Å²) in [4.78, 5) is 48.5. The first-order chi connectivity index (χ1) is 19.3. The third-order valence-electron chi connectivity index (χ3n) is 7.68. The van der Waals surface area contributed by atoms with E-state index in [1.54, 1.807) is 24.3 Å². The highest BCUT2D eigenvalue weighted by molar-refractivity contribution is 6.24. The standard InChI is InChI=1S/C30H28N6O4/c1-35(2)28-21-6-3-4-9-25(21)33-30(34-28)32-18-12-10-17(11-13-18)31-29(38)23-8-5-7-22-26(23)20-15-14-19(36(39)40)16-24(20)27(22)37/h3-9,14-18H,10-13H2,1-2H3,(H,31,38)(H,32,33,34). The monoisotopic (exact) mass is 536 g/mol. The largest absolute Gasteiger partial charge is 0.362 e. The van der Waals surface area contributed by atoms with Gasteiger partial charge in [0, 0.05) is 66.0 Å². The summed E-state index contributed by atoms with van der Waals surface area (Å²) in [5, 5.41) is 18.9. The molecular formula is C30H28N6O4. The minimum atomic E-state index is -0.525. The van der Waals surface area contributed by atoms with Crippen LogP contribution in [0.3, 0.4) is 0 Å². The summed E-state index contributed by atoms with van der Waals surface area (Å²) in [6, 6.07) is 17.4. The Kier molecular flexibility index (Phi) is 6.37. The summed E-state index contributed by atoms with van der Waals surface area (Å²) in [6.45, 7) is 0. The molecule has 2 aliphatic rings. The average Bonchev–Trinajstić information content (AvgIpc) is 3.24. The second-order valence-electron chi connectivity index (χ2n) is 10.5. The van der Waals surface area contributed by atoms with Crippen LogP contribution >= 0.6 is 0 Å². The van der Waals surface area contributed by atoms with Crippen LogP contribution in [0, 0.1) is 10.1 Å². The lowest BCUT2D eigenvalue weighted by atomic mass is 9.90. The maximum absolute atomic E-state index is 13.4. The molecule has 1 heterocycles. The number of benzene rings is 3. The van der Waals surface area contributed by atoms with Gasteiger partial charge in [-0.3, -0.25) is 19.7 Å². The van der Waals surface area contributed by atoms with E-state index >= 15 is 0 Å². The van der Waals surface area contributed by atoms with Crippen molar-refractivity contribution in [2.45, 2.75) is 37.8 Å². The van der Waals surface area contributed by atoms with Crippen LogP contribution in [0.1, 0.15) is 52.0 Å². The number of hydrogen-bond acceptors (Lipinski definition) is 8. The molecule has 0 radical (unpaired) electrons. The molecule has 10 nitrogen and oxygen atoms in total. The molecule has 3 aromatic carbocycles. The van der Waals surface area contributed by atoms with Crippen LogP contribution in [0.2, 0.25) is 0 Å². The Balaban J connectivity index is 1.14. The molecule has 10 heteroatoms. The predicted molar refractivity (Wildman–Crippen MR) is 153 cm³/mol. The van der Waals surface area contributed by atoms with Gasteiger partial charge in [0.05, 0.1) is 10.4 Å². The fourth-order valence-electron chi connectivity index (χ4n) is 5.71. The molecule has 1 amide bonds. The molecule has 202 valence electrons. The molecule has 40 heavy (non-hydrogen) atoms. The van der Waals surface area contributed by atoms with E-state index in [9.17, 15) is 19.7 Å². The van der Waals surface area contributed by atoms with E-state index in [0.29, 0.717) is 28.2 Å².